The van der Waals surface area contributed by atoms with E-state index in [-0.39, 0.29) is 0 Å². The zero-order chi connectivity index (χ0) is 15.8. The van der Waals surface area contributed by atoms with Gasteiger partial charge in [0.2, 0.25) is 0 Å². The van der Waals surface area contributed by atoms with Gasteiger partial charge >= 0.3 is 0 Å². The molecular weight excluding hydrogens is 296 g/mol. The molecule has 0 aliphatic carbocycles. The molecule has 2 rings (SSSR count). The van der Waals surface area contributed by atoms with E-state index in [4.69, 9.17) is 0 Å². The van der Waals surface area contributed by atoms with Crippen molar-refractivity contribution in [3.8, 4) is 0 Å². The van der Waals surface area contributed by atoms with E-state index in [1.54, 1.807) is 7.05 Å². The maximum Gasteiger partial charge on any atom is 0.191 e. The number of hydrogen-bond acceptors (Lipinski definition) is 4. The molecule has 0 unspecified atom stereocenters. The quantitative estimate of drug-likeness (QED) is 0.366. The number of aryl methyl sites for hydroxylation is 1. The van der Waals surface area contributed by atoms with Crippen LogP contribution in [0.25, 0.3) is 0 Å². The van der Waals surface area contributed by atoms with E-state index in [1.807, 2.05) is 36.4 Å². The molecule has 0 atom stereocenters. The lowest BCUT2D eigenvalue weighted by Crippen LogP contribution is -2.38. The molecule has 0 spiro atoms. The minimum Gasteiger partial charge on any atom is -0.356 e. The number of guanidine groups is 1. The smallest absolute Gasteiger partial charge is 0.191 e. The molecule has 0 fully saturated rings. The van der Waals surface area contributed by atoms with E-state index in [2.05, 4.69) is 50.1 Å². The molecule has 118 valence electrons. The van der Waals surface area contributed by atoms with Gasteiger partial charge in [-0.15, -0.1) is 22.0 Å². The van der Waals surface area contributed by atoms with Crippen molar-refractivity contribution in [1.29, 1.82) is 0 Å². The van der Waals surface area contributed by atoms with Crippen molar-refractivity contribution in [2.75, 3.05) is 19.3 Å². The van der Waals surface area contributed by atoms with Gasteiger partial charge in [-0.2, -0.15) is 0 Å². The summed E-state index contributed by atoms with van der Waals surface area (Å²) in [4.78, 5) is 5.49. The van der Waals surface area contributed by atoms with Gasteiger partial charge in [0, 0.05) is 31.3 Å². The van der Waals surface area contributed by atoms with Gasteiger partial charge in [0.25, 0.3) is 0 Å². The van der Waals surface area contributed by atoms with Gasteiger partial charge in [-0.3, -0.25) is 4.99 Å². The standard InChI is InChI=1S/C15H22N6S/c1-12-19-20-14(21(12)3)11-18-15(16-2)17-9-10-22-13-7-5-4-6-8-13/h4-8H,9-11H2,1-3H3,(H2,16,17,18). The number of aromatic nitrogens is 3. The van der Waals surface area contributed by atoms with Crippen LogP contribution in [0, 0.1) is 6.92 Å². The van der Waals surface area contributed by atoms with Gasteiger partial charge < -0.3 is 15.2 Å². The van der Waals surface area contributed by atoms with Gasteiger partial charge in [-0.1, -0.05) is 18.2 Å². The Labute approximate surface area is 135 Å². The first-order valence-electron chi connectivity index (χ1n) is 7.18. The Morgan fingerprint density at radius 3 is 2.64 bits per heavy atom. The minimum absolute atomic E-state index is 0.600. The Balaban J connectivity index is 1.70. The van der Waals surface area contributed by atoms with Crippen molar-refractivity contribution in [1.82, 2.24) is 25.4 Å². The molecule has 1 aromatic carbocycles. The Morgan fingerprint density at radius 1 is 1.23 bits per heavy atom. The number of nitrogens with one attached hydrogen (secondary N) is 2. The molecule has 22 heavy (non-hydrogen) atoms. The zero-order valence-corrected chi connectivity index (χ0v) is 14.0. The first kappa shape index (κ1) is 16.4. The van der Waals surface area contributed by atoms with Crippen molar-refractivity contribution in [3.63, 3.8) is 0 Å². The van der Waals surface area contributed by atoms with Crippen LogP contribution in [0.5, 0.6) is 0 Å². The maximum atomic E-state index is 4.21. The molecule has 0 aliphatic rings. The lowest BCUT2D eigenvalue weighted by Gasteiger charge is -2.11. The van der Waals surface area contributed by atoms with E-state index in [9.17, 15) is 0 Å². The van der Waals surface area contributed by atoms with Crippen LogP contribution >= 0.6 is 11.8 Å². The third-order valence-corrected chi connectivity index (χ3v) is 4.24. The molecule has 2 aromatic rings. The van der Waals surface area contributed by atoms with Crippen LogP contribution < -0.4 is 10.6 Å². The second kappa shape index (κ2) is 8.43. The zero-order valence-electron chi connectivity index (χ0n) is 13.2. The van der Waals surface area contributed by atoms with E-state index >= 15 is 0 Å². The molecular formula is C15H22N6S. The Bertz CT molecular complexity index is 608. The number of nitrogens with zero attached hydrogens (tertiary/aromatic N) is 4. The highest BCUT2D eigenvalue weighted by atomic mass is 32.2. The molecule has 1 heterocycles. The molecule has 0 bridgehead atoms. The number of aliphatic imine (C=N–C) groups is 1. The van der Waals surface area contributed by atoms with Crippen molar-refractivity contribution in [3.05, 3.63) is 42.0 Å². The Hall–Kier alpha value is -2.02. The van der Waals surface area contributed by atoms with Crippen molar-refractivity contribution in [2.45, 2.75) is 18.4 Å². The predicted molar refractivity (Wildman–Crippen MR) is 91.1 cm³/mol. The lowest BCUT2D eigenvalue weighted by molar-refractivity contribution is 0.722. The molecule has 2 N–H and O–H groups in total. The van der Waals surface area contributed by atoms with Crippen LogP contribution in [0.3, 0.4) is 0 Å². The fraction of sp³-hybridized carbons (Fsp3) is 0.400. The van der Waals surface area contributed by atoms with Gasteiger partial charge in [-0.05, 0) is 19.1 Å². The van der Waals surface area contributed by atoms with Crippen LogP contribution in [0.1, 0.15) is 11.6 Å². The molecule has 0 saturated carbocycles. The lowest BCUT2D eigenvalue weighted by atomic mass is 10.4. The molecule has 0 amide bonds. The topological polar surface area (TPSA) is 67.1 Å². The minimum atomic E-state index is 0.600. The molecule has 1 aromatic heterocycles. The number of benzene rings is 1. The van der Waals surface area contributed by atoms with E-state index in [1.165, 1.54) is 4.90 Å². The Kier molecular flexibility index (Phi) is 6.27. The highest BCUT2D eigenvalue weighted by Crippen LogP contribution is 2.15. The van der Waals surface area contributed by atoms with Gasteiger partial charge in [0.15, 0.2) is 11.8 Å². The van der Waals surface area contributed by atoms with E-state index in [0.29, 0.717) is 6.54 Å². The molecule has 0 aliphatic heterocycles. The van der Waals surface area contributed by atoms with Crippen molar-refractivity contribution < 1.29 is 0 Å². The molecule has 0 radical (unpaired) electrons. The molecule has 6 nitrogen and oxygen atoms in total. The van der Waals surface area contributed by atoms with Gasteiger partial charge in [0.05, 0.1) is 6.54 Å². The Morgan fingerprint density at radius 2 is 2.00 bits per heavy atom. The number of thioether (sulfide) groups is 1. The van der Waals surface area contributed by atoms with E-state index in [0.717, 1.165) is 29.9 Å². The summed E-state index contributed by atoms with van der Waals surface area (Å²) in [6, 6.07) is 10.4. The molecule has 0 saturated heterocycles. The highest BCUT2D eigenvalue weighted by Gasteiger charge is 2.05. The summed E-state index contributed by atoms with van der Waals surface area (Å²) in [7, 11) is 3.72. The summed E-state index contributed by atoms with van der Waals surface area (Å²) < 4.78 is 1.96. The summed E-state index contributed by atoms with van der Waals surface area (Å²) in [5.74, 6) is 3.54. The average molecular weight is 318 g/mol. The largest absolute Gasteiger partial charge is 0.356 e. The second-order valence-electron chi connectivity index (χ2n) is 4.74. The van der Waals surface area contributed by atoms with Crippen LogP contribution in [0.2, 0.25) is 0 Å². The monoisotopic (exact) mass is 318 g/mol. The normalized spacial score (nSPS) is 11.5. The maximum absolute atomic E-state index is 4.21. The summed E-state index contributed by atoms with van der Waals surface area (Å²) >= 11 is 1.82. The first-order valence-corrected chi connectivity index (χ1v) is 8.16. The SMILES string of the molecule is CN=C(NCCSc1ccccc1)NCc1nnc(C)n1C. The third-order valence-electron chi connectivity index (χ3n) is 3.23. The summed E-state index contributed by atoms with van der Waals surface area (Å²) in [6.07, 6.45) is 0. The van der Waals surface area contributed by atoms with Crippen LogP contribution in [-0.2, 0) is 13.6 Å². The highest BCUT2D eigenvalue weighted by molar-refractivity contribution is 7.99. The second-order valence-corrected chi connectivity index (χ2v) is 5.90. The predicted octanol–water partition coefficient (Wildman–Crippen LogP) is 1.58. The summed E-state index contributed by atoms with van der Waals surface area (Å²) in [5.41, 5.74) is 0. The van der Waals surface area contributed by atoms with Gasteiger partial charge in [0.1, 0.15) is 5.82 Å². The fourth-order valence-corrected chi connectivity index (χ4v) is 2.63. The fourth-order valence-electron chi connectivity index (χ4n) is 1.84. The van der Waals surface area contributed by atoms with E-state index < -0.39 is 0 Å². The number of hydrogen-bond donors (Lipinski definition) is 2. The first-order chi connectivity index (χ1) is 10.7. The van der Waals surface area contributed by atoms with Crippen LogP contribution in [-0.4, -0.2) is 40.1 Å². The molecule has 7 heteroatoms. The van der Waals surface area contributed by atoms with Gasteiger partial charge in [-0.25, -0.2) is 0 Å². The third kappa shape index (κ3) is 4.77. The van der Waals surface area contributed by atoms with Crippen molar-refractivity contribution >= 4 is 17.7 Å². The van der Waals surface area contributed by atoms with Crippen molar-refractivity contribution in [2.24, 2.45) is 12.0 Å². The van der Waals surface area contributed by atoms with Crippen LogP contribution in [0.15, 0.2) is 40.2 Å². The van der Waals surface area contributed by atoms with Crippen LogP contribution in [0.4, 0.5) is 0 Å². The summed E-state index contributed by atoms with van der Waals surface area (Å²) in [5, 5.41) is 14.7. The summed E-state index contributed by atoms with van der Waals surface area (Å²) in [6.45, 7) is 3.38. The number of rotatable bonds is 6. The average Bonchev–Trinajstić information content (AvgIpc) is 2.87.